The van der Waals surface area contributed by atoms with Gasteiger partial charge in [-0.15, -0.1) is 11.3 Å². The fourth-order valence-corrected chi connectivity index (χ4v) is 2.92. The maximum atomic E-state index is 12.6. The molecule has 1 N–H and O–H groups in total. The van der Waals surface area contributed by atoms with Crippen LogP contribution in [0.4, 0.5) is 23.7 Å². The van der Waals surface area contributed by atoms with Crippen LogP contribution >= 0.6 is 11.3 Å². The van der Waals surface area contributed by atoms with Crippen LogP contribution in [-0.2, 0) is 22.2 Å². The molecule has 1 heterocycles. The molecular weight excluding hydrogens is 399 g/mol. The van der Waals surface area contributed by atoms with Gasteiger partial charge in [0.2, 0.25) is 0 Å². The third-order valence-electron chi connectivity index (χ3n) is 3.59. The molecule has 2 aromatic rings. The van der Waals surface area contributed by atoms with Crippen molar-refractivity contribution < 1.29 is 32.2 Å². The molecule has 0 spiro atoms. The van der Waals surface area contributed by atoms with E-state index in [4.69, 9.17) is 4.74 Å². The number of carbonyl (C=O) groups excluding carboxylic acids is 2. The van der Waals surface area contributed by atoms with Crippen molar-refractivity contribution in [1.82, 2.24) is 9.88 Å². The molecule has 7 nitrogen and oxygen atoms in total. The van der Waals surface area contributed by atoms with E-state index in [0.717, 1.165) is 12.1 Å². The van der Waals surface area contributed by atoms with Gasteiger partial charge in [0.15, 0.2) is 5.69 Å². The summed E-state index contributed by atoms with van der Waals surface area (Å²) in [4.78, 5) is 29.5. The number of hydrogen-bond acceptors (Lipinski definition) is 6. The van der Waals surface area contributed by atoms with E-state index in [1.54, 1.807) is 0 Å². The monoisotopic (exact) mass is 417 g/mol. The van der Waals surface area contributed by atoms with Crippen LogP contribution in [0, 0.1) is 0 Å². The molecule has 0 fully saturated rings. The summed E-state index contributed by atoms with van der Waals surface area (Å²) < 4.78 is 47.5. The highest BCUT2D eigenvalue weighted by atomic mass is 32.1. The van der Waals surface area contributed by atoms with Gasteiger partial charge in [-0.25, -0.2) is 14.6 Å². The molecule has 0 atom stereocenters. The molecule has 0 saturated carbocycles. The summed E-state index contributed by atoms with van der Waals surface area (Å²) >= 11 is 1.18. The lowest BCUT2D eigenvalue weighted by Crippen LogP contribution is -2.36. The van der Waals surface area contributed by atoms with E-state index in [0.29, 0.717) is 5.01 Å². The molecule has 2 rings (SSSR count). The van der Waals surface area contributed by atoms with Gasteiger partial charge in [-0.2, -0.15) is 13.2 Å². The molecule has 1 aromatic carbocycles. The first-order valence-corrected chi connectivity index (χ1v) is 8.87. The zero-order valence-electron chi connectivity index (χ0n) is 15.1. The number of esters is 1. The molecule has 11 heteroatoms. The van der Waals surface area contributed by atoms with Gasteiger partial charge < -0.3 is 19.7 Å². The highest BCUT2D eigenvalue weighted by molar-refractivity contribution is 7.09. The predicted octanol–water partition coefficient (Wildman–Crippen LogP) is 3.63. The SMILES string of the molecule is COCCN(Cc1nc(C(=O)OC)cs1)C(=O)Nc1ccc(C(F)(F)F)cc1. The second-order valence-electron chi connectivity index (χ2n) is 5.54. The van der Waals surface area contributed by atoms with Crippen LogP contribution in [0.3, 0.4) is 0 Å². The summed E-state index contributed by atoms with van der Waals surface area (Å²) in [6.07, 6.45) is -4.45. The number of anilines is 1. The third kappa shape index (κ3) is 5.92. The molecule has 0 unspecified atom stereocenters. The Hall–Kier alpha value is -2.66. The number of hydrogen-bond donors (Lipinski definition) is 1. The first-order valence-electron chi connectivity index (χ1n) is 7.99. The highest BCUT2D eigenvalue weighted by Gasteiger charge is 2.30. The van der Waals surface area contributed by atoms with E-state index in [9.17, 15) is 22.8 Å². The van der Waals surface area contributed by atoms with E-state index < -0.39 is 23.7 Å². The minimum Gasteiger partial charge on any atom is -0.464 e. The van der Waals surface area contributed by atoms with Gasteiger partial charge in [0.25, 0.3) is 0 Å². The Morgan fingerprint density at radius 1 is 1.21 bits per heavy atom. The molecule has 0 saturated heterocycles. The molecule has 0 aliphatic rings. The van der Waals surface area contributed by atoms with Crippen LogP contribution in [0.25, 0.3) is 0 Å². The summed E-state index contributed by atoms with van der Waals surface area (Å²) in [5.41, 5.74) is -0.452. The number of rotatable bonds is 7. The highest BCUT2D eigenvalue weighted by Crippen LogP contribution is 2.29. The summed E-state index contributed by atoms with van der Waals surface area (Å²) in [5.74, 6) is -0.583. The number of carbonyl (C=O) groups is 2. The molecule has 0 bridgehead atoms. The van der Waals surface area contributed by atoms with Crippen LogP contribution in [0.5, 0.6) is 0 Å². The topological polar surface area (TPSA) is 80.8 Å². The van der Waals surface area contributed by atoms with E-state index in [-0.39, 0.29) is 31.1 Å². The maximum Gasteiger partial charge on any atom is 0.416 e. The molecule has 152 valence electrons. The number of urea groups is 1. The van der Waals surface area contributed by atoms with Gasteiger partial charge in [0, 0.05) is 24.7 Å². The number of aromatic nitrogens is 1. The van der Waals surface area contributed by atoms with Crippen molar-refractivity contribution in [3.8, 4) is 0 Å². The molecule has 0 radical (unpaired) electrons. The van der Waals surface area contributed by atoms with E-state index in [1.807, 2.05) is 0 Å². The lowest BCUT2D eigenvalue weighted by Gasteiger charge is -2.22. The number of methoxy groups -OCH3 is 2. The average Bonchev–Trinajstić information content (AvgIpc) is 3.12. The van der Waals surface area contributed by atoms with E-state index in [1.165, 1.54) is 48.0 Å². The van der Waals surface area contributed by atoms with Gasteiger partial charge in [0.05, 0.1) is 25.8 Å². The first kappa shape index (κ1) is 21.6. The molecule has 2 amide bonds. The zero-order valence-corrected chi connectivity index (χ0v) is 15.9. The Morgan fingerprint density at radius 3 is 2.46 bits per heavy atom. The number of nitrogens with zero attached hydrogens (tertiary/aromatic N) is 2. The largest absolute Gasteiger partial charge is 0.464 e. The third-order valence-corrected chi connectivity index (χ3v) is 4.42. The van der Waals surface area contributed by atoms with Crippen LogP contribution in [0.2, 0.25) is 0 Å². The quantitative estimate of drug-likeness (QED) is 0.696. The second kappa shape index (κ2) is 9.51. The minimum atomic E-state index is -4.45. The number of thiazole rings is 1. The van der Waals surface area contributed by atoms with Gasteiger partial charge >= 0.3 is 18.2 Å². The fourth-order valence-electron chi connectivity index (χ4n) is 2.14. The van der Waals surface area contributed by atoms with Crippen molar-refractivity contribution in [3.63, 3.8) is 0 Å². The number of benzene rings is 1. The van der Waals surface area contributed by atoms with Crippen molar-refractivity contribution in [1.29, 1.82) is 0 Å². The van der Waals surface area contributed by atoms with E-state index >= 15 is 0 Å². The van der Waals surface area contributed by atoms with Crippen LogP contribution < -0.4 is 5.32 Å². The number of nitrogens with one attached hydrogen (secondary N) is 1. The zero-order chi connectivity index (χ0) is 20.7. The number of halogens is 3. The Balaban J connectivity index is 2.08. The van der Waals surface area contributed by atoms with Crippen molar-refractivity contribution in [3.05, 3.63) is 45.9 Å². The van der Waals surface area contributed by atoms with Crippen molar-refractivity contribution in [2.75, 3.05) is 32.7 Å². The Bertz CT molecular complexity index is 809. The first-order chi connectivity index (χ1) is 13.2. The smallest absolute Gasteiger partial charge is 0.416 e. The normalized spacial score (nSPS) is 11.2. The predicted molar refractivity (Wildman–Crippen MR) is 96.2 cm³/mol. The summed E-state index contributed by atoms with van der Waals surface area (Å²) in [7, 11) is 2.72. The lowest BCUT2D eigenvalue weighted by atomic mass is 10.2. The molecule has 0 aliphatic carbocycles. The summed E-state index contributed by atoms with van der Waals surface area (Å²) in [5, 5.41) is 4.56. The second-order valence-corrected chi connectivity index (χ2v) is 6.48. The van der Waals surface area contributed by atoms with Gasteiger partial charge in [-0.3, -0.25) is 0 Å². The maximum absolute atomic E-state index is 12.6. The van der Waals surface area contributed by atoms with E-state index in [2.05, 4.69) is 15.0 Å². The number of ether oxygens (including phenoxy) is 2. The van der Waals surface area contributed by atoms with Crippen LogP contribution in [0.1, 0.15) is 21.1 Å². The van der Waals surface area contributed by atoms with Crippen LogP contribution in [-0.4, -0.2) is 49.3 Å². The Kier molecular flexibility index (Phi) is 7.35. The van der Waals surface area contributed by atoms with Crippen molar-refractivity contribution in [2.45, 2.75) is 12.7 Å². The van der Waals surface area contributed by atoms with Crippen LogP contribution in [0.15, 0.2) is 29.6 Å². The number of amides is 2. The van der Waals surface area contributed by atoms with Crippen molar-refractivity contribution >= 4 is 29.0 Å². The Morgan fingerprint density at radius 2 is 1.89 bits per heavy atom. The fraction of sp³-hybridized carbons (Fsp3) is 0.353. The molecular formula is C17H18F3N3O4S. The molecule has 28 heavy (non-hydrogen) atoms. The summed E-state index contributed by atoms with van der Waals surface area (Å²) in [6.45, 7) is 0.559. The standard InChI is InChI=1S/C17H18F3N3O4S/c1-26-8-7-23(9-14-22-13(10-28-14)15(24)27-2)16(25)21-12-5-3-11(4-6-12)17(18,19)20/h3-6,10H,7-9H2,1-2H3,(H,21,25). The number of alkyl halides is 3. The van der Waals surface area contributed by atoms with Crippen molar-refractivity contribution in [2.24, 2.45) is 0 Å². The molecule has 1 aromatic heterocycles. The van der Waals surface area contributed by atoms with Gasteiger partial charge in [-0.05, 0) is 24.3 Å². The molecule has 0 aliphatic heterocycles. The van der Waals surface area contributed by atoms with Gasteiger partial charge in [-0.1, -0.05) is 0 Å². The van der Waals surface area contributed by atoms with Gasteiger partial charge in [0.1, 0.15) is 5.01 Å². The average molecular weight is 417 g/mol. The summed E-state index contributed by atoms with van der Waals surface area (Å²) in [6, 6.07) is 3.59. The Labute approximate surface area is 163 Å². The lowest BCUT2D eigenvalue weighted by molar-refractivity contribution is -0.137. The minimum absolute atomic E-state index is 0.0947.